The van der Waals surface area contributed by atoms with E-state index in [1.807, 2.05) is 19.1 Å². The predicted octanol–water partition coefficient (Wildman–Crippen LogP) is 2.99. The summed E-state index contributed by atoms with van der Waals surface area (Å²) in [7, 11) is 1.08. The average molecular weight is 463 g/mol. The Hall–Kier alpha value is -2.78. The molecule has 32 heavy (non-hydrogen) atoms. The maximum absolute atomic E-state index is 12.9. The number of carbonyl (C=O) groups is 1. The van der Waals surface area contributed by atoms with Gasteiger partial charge in [-0.2, -0.15) is 4.31 Å². The van der Waals surface area contributed by atoms with Crippen LogP contribution in [0.3, 0.4) is 0 Å². The third-order valence-corrected chi connectivity index (χ3v) is 7.70. The number of ether oxygens (including phenoxy) is 3. The van der Waals surface area contributed by atoms with Gasteiger partial charge < -0.3 is 19.5 Å². The number of rotatable bonds is 8. The van der Waals surface area contributed by atoms with Gasteiger partial charge in [0.15, 0.2) is 11.5 Å². The molecule has 1 fully saturated rings. The quantitative estimate of drug-likeness (QED) is 0.648. The minimum atomic E-state index is -3.60. The van der Waals surface area contributed by atoms with Crippen LogP contribution in [0.15, 0.2) is 47.4 Å². The lowest BCUT2D eigenvalue weighted by atomic mass is 9.96. The molecule has 0 bridgehead atoms. The van der Waals surface area contributed by atoms with Crippen LogP contribution in [0.4, 0.5) is 0 Å². The monoisotopic (exact) mass is 462 g/mol. The summed E-state index contributed by atoms with van der Waals surface area (Å²) in [6.07, 6.45) is 0.944. The molecule has 0 saturated carbocycles. The van der Waals surface area contributed by atoms with Crippen molar-refractivity contribution in [2.75, 3.05) is 34.4 Å². The van der Waals surface area contributed by atoms with Gasteiger partial charge in [0.05, 0.1) is 32.3 Å². The fourth-order valence-electron chi connectivity index (χ4n) is 3.79. The number of hydrogen-bond acceptors (Lipinski definition) is 6. The molecule has 1 heterocycles. The minimum absolute atomic E-state index is 0.0752. The van der Waals surface area contributed by atoms with Crippen molar-refractivity contribution in [1.29, 1.82) is 0 Å². The number of methoxy groups -OCH3 is 3. The van der Waals surface area contributed by atoms with E-state index in [-0.39, 0.29) is 22.8 Å². The first-order valence-electron chi connectivity index (χ1n) is 10.5. The molecule has 2 aromatic carbocycles. The molecule has 0 radical (unpaired) electrons. The van der Waals surface area contributed by atoms with E-state index in [0.717, 1.165) is 5.56 Å². The molecule has 3 rings (SSSR count). The van der Waals surface area contributed by atoms with Crippen LogP contribution in [0.1, 0.15) is 31.4 Å². The summed E-state index contributed by atoms with van der Waals surface area (Å²) in [5.41, 5.74) is 0.899. The molecule has 0 aliphatic carbocycles. The summed E-state index contributed by atoms with van der Waals surface area (Å²) >= 11 is 0. The second-order valence-electron chi connectivity index (χ2n) is 7.70. The molecule has 0 aromatic heterocycles. The Morgan fingerprint density at radius 2 is 1.59 bits per heavy atom. The SMILES string of the molecule is COc1ccc(S(=O)(=O)N2CCC(C(=O)N[C@H](C)c3ccc(OC)c(OC)c3)CC2)cc1. The summed E-state index contributed by atoms with van der Waals surface area (Å²) < 4.78 is 42.9. The second kappa shape index (κ2) is 10.2. The van der Waals surface area contributed by atoms with E-state index in [9.17, 15) is 13.2 Å². The molecule has 174 valence electrons. The Labute approximate surface area is 189 Å². The number of nitrogens with one attached hydrogen (secondary N) is 1. The van der Waals surface area contributed by atoms with Crippen LogP contribution in [0.2, 0.25) is 0 Å². The lowest BCUT2D eigenvalue weighted by Gasteiger charge is -2.31. The summed E-state index contributed by atoms with van der Waals surface area (Å²) in [6.45, 7) is 2.51. The predicted molar refractivity (Wildman–Crippen MR) is 121 cm³/mol. The average Bonchev–Trinajstić information content (AvgIpc) is 2.83. The first-order chi connectivity index (χ1) is 15.3. The van der Waals surface area contributed by atoms with Crippen molar-refractivity contribution < 1.29 is 27.4 Å². The van der Waals surface area contributed by atoms with Gasteiger partial charge in [0.25, 0.3) is 0 Å². The fraction of sp³-hybridized carbons (Fsp3) is 0.435. The topological polar surface area (TPSA) is 94.2 Å². The Balaban J connectivity index is 1.59. The zero-order chi connectivity index (χ0) is 23.3. The molecule has 9 heteroatoms. The van der Waals surface area contributed by atoms with Crippen molar-refractivity contribution in [3.63, 3.8) is 0 Å². The maximum Gasteiger partial charge on any atom is 0.243 e. The van der Waals surface area contributed by atoms with E-state index in [2.05, 4.69) is 5.32 Å². The van der Waals surface area contributed by atoms with Crippen LogP contribution in [0.25, 0.3) is 0 Å². The van der Waals surface area contributed by atoms with Gasteiger partial charge in [0.2, 0.25) is 15.9 Å². The Morgan fingerprint density at radius 1 is 0.969 bits per heavy atom. The number of sulfonamides is 1. The third-order valence-electron chi connectivity index (χ3n) is 5.79. The molecule has 1 N–H and O–H groups in total. The highest BCUT2D eigenvalue weighted by molar-refractivity contribution is 7.89. The minimum Gasteiger partial charge on any atom is -0.497 e. The molecule has 1 aliphatic heterocycles. The van der Waals surface area contributed by atoms with Gasteiger partial charge in [-0.05, 0) is 61.7 Å². The van der Waals surface area contributed by atoms with Crippen molar-refractivity contribution in [1.82, 2.24) is 9.62 Å². The number of piperidine rings is 1. The van der Waals surface area contributed by atoms with Crippen LogP contribution in [-0.4, -0.2) is 53.0 Å². The van der Waals surface area contributed by atoms with Crippen LogP contribution < -0.4 is 19.5 Å². The van der Waals surface area contributed by atoms with Crippen LogP contribution >= 0.6 is 0 Å². The summed E-state index contributed by atoms with van der Waals surface area (Å²) in [4.78, 5) is 13.0. The molecular formula is C23H30N2O6S. The molecule has 0 spiro atoms. The van der Waals surface area contributed by atoms with Crippen molar-refractivity contribution in [3.8, 4) is 17.2 Å². The highest BCUT2D eigenvalue weighted by Crippen LogP contribution is 2.30. The fourth-order valence-corrected chi connectivity index (χ4v) is 5.26. The van der Waals surface area contributed by atoms with E-state index in [4.69, 9.17) is 14.2 Å². The van der Waals surface area contributed by atoms with Gasteiger partial charge in [-0.25, -0.2) is 8.42 Å². The zero-order valence-corrected chi connectivity index (χ0v) is 19.6. The van der Waals surface area contributed by atoms with Crippen LogP contribution in [0, 0.1) is 5.92 Å². The van der Waals surface area contributed by atoms with E-state index < -0.39 is 10.0 Å². The van der Waals surface area contributed by atoms with Gasteiger partial charge in [-0.15, -0.1) is 0 Å². The van der Waals surface area contributed by atoms with E-state index in [0.29, 0.717) is 43.2 Å². The van der Waals surface area contributed by atoms with Crippen LogP contribution in [0.5, 0.6) is 17.2 Å². The molecule has 1 atom stereocenters. The Morgan fingerprint density at radius 3 is 2.16 bits per heavy atom. The molecule has 1 saturated heterocycles. The lowest BCUT2D eigenvalue weighted by molar-refractivity contribution is -0.126. The highest BCUT2D eigenvalue weighted by Gasteiger charge is 2.32. The van der Waals surface area contributed by atoms with Gasteiger partial charge >= 0.3 is 0 Å². The molecular weight excluding hydrogens is 432 g/mol. The van der Waals surface area contributed by atoms with Crippen LogP contribution in [-0.2, 0) is 14.8 Å². The Bertz CT molecular complexity index is 1030. The first kappa shape index (κ1) is 23.9. The third kappa shape index (κ3) is 5.16. The number of hydrogen-bond donors (Lipinski definition) is 1. The molecule has 0 unspecified atom stereocenters. The van der Waals surface area contributed by atoms with Gasteiger partial charge in [0, 0.05) is 19.0 Å². The van der Waals surface area contributed by atoms with Crippen molar-refractivity contribution in [3.05, 3.63) is 48.0 Å². The molecule has 2 aromatic rings. The van der Waals surface area contributed by atoms with Crippen molar-refractivity contribution in [2.24, 2.45) is 5.92 Å². The summed E-state index contributed by atoms with van der Waals surface area (Å²) in [5.74, 6) is 1.51. The standard InChI is InChI=1S/C23H30N2O6S/c1-16(18-5-10-21(30-3)22(15-18)31-4)24-23(26)17-11-13-25(14-12-17)32(27,28)20-8-6-19(29-2)7-9-20/h5-10,15-17H,11-14H2,1-4H3,(H,24,26)/t16-/m1/s1. The van der Waals surface area contributed by atoms with Gasteiger partial charge in [-0.3, -0.25) is 4.79 Å². The summed E-state index contributed by atoms with van der Waals surface area (Å²) in [6, 6.07) is 11.6. The lowest BCUT2D eigenvalue weighted by Crippen LogP contribution is -2.43. The van der Waals surface area contributed by atoms with E-state index >= 15 is 0 Å². The van der Waals surface area contributed by atoms with E-state index in [1.54, 1.807) is 32.4 Å². The van der Waals surface area contributed by atoms with Gasteiger partial charge in [-0.1, -0.05) is 6.07 Å². The van der Waals surface area contributed by atoms with Crippen molar-refractivity contribution >= 4 is 15.9 Å². The Kier molecular flexibility index (Phi) is 7.63. The smallest absolute Gasteiger partial charge is 0.243 e. The number of benzene rings is 2. The number of nitrogens with zero attached hydrogens (tertiary/aromatic N) is 1. The zero-order valence-electron chi connectivity index (χ0n) is 18.8. The van der Waals surface area contributed by atoms with Gasteiger partial charge in [0.1, 0.15) is 5.75 Å². The van der Waals surface area contributed by atoms with Crippen molar-refractivity contribution in [2.45, 2.75) is 30.7 Å². The number of amides is 1. The molecule has 1 amide bonds. The second-order valence-corrected chi connectivity index (χ2v) is 9.64. The molecule has 1 aliphatic rings. The highest BCUT2D eigenvalue weighted by atomic mass is 32.2. The first-order valence-corrected chi connectivity index (χ1v) is 11.9. The maximum atomic E-state index is 12.9. The van der Waals surface area contributed by atoms with E-state index in [1.165, 1.54) is 23.5 Å². The normalized spacial score (nSPS) is 16.2. The largest absolute Gasteiger partial charge is 0.497 e. The number of carbonyl (C=O) groups excluding carboxylic acids is 1. The molecule has 8 nitrogen and oxygen atoms in total. The summed E-state index contributed by atoms with van der Waals surface area (Å²) in [5, 5.41) is 3.04.